The maximum absolute atomic E-state index is 12.1. The number of hydrogen-bond donors (Lipinski definition) is 0. The minimum Gasteiger partial charge on any atom is -0.292 e. The van der Waals surface area contributed by atoms with Crippen LogP contribution in [-0.4, -0.2) is 10.8 Å². The highest BCUT2D eigenvalue weighted by atomic mass is 79.9. The molecule has 0 N–H and O–H groups in total. The fraction of sp³-hybridized carbons (Fsp3) is 0.143. The Balaban J connectivity index is 2.24. The molecule has 0 fully saturated rings. The number of benzene rings is 1. The van der Waals surface area contributed by atoms with E-state index in [1.54, 1.807) is 18.3 Å². The summed E-state index contributed by atoms with van der Waals surface area (Å²) in [5.41, 5.74) is 2.34. The van der Waals surface area contributed by atoms with Gasteiger partial charge in [0.1, 0.15) is 5.69 Å². The van der Waals surface area contributed by atoms with E-state index in [0.717, 1.165) is 11.1 Å². The SMILES string of the molecule is Cc1ccc(CC(=O)c2ncccc2Br)c(Cl)c1. The number of rotatable bonds is 3. The predicted molar refractivity (Wildman–Crippen MR) is 76.2 cm³/mol. The number of carbonyl (C=O) groups excluding carboxylic acids is 1. The highest BCUT2D eigenvalue weighted by molar-refractivity contribution is 9.10. The van der Waals surface area contributed by atoms with Crippen molar-refractivity contribution in [3.63, 3.8) is 0 Å². The van der Waals surface area contributed by atoms with Gasteiger partial charge in [-0.15, -0.1) is 0 Å². The van der Waals surface area contributed by atoms with Gasteiger partial charge in [0.15, 0.2) is 5.78 Å². The lowest BCUT2D eigenvalue weighted by Gasteiger charge is -2.05. The number of aromatic nitrogens is 1. The van der Waals surface area contributed by atoms with Gasteiger partial charge in [0.05, 0.1) is 0 Å². The van der Waals surface area contributed by atoms with Crippen LogP contribution in [0.1, 0.15) is 21.6 Å². The van der Waals surface area contributed by atoms with Crippen molar-refractivity contribution >= 4 is 33.3 Å². The van der Waals surface area contributed by atoms with E-state index in [2.05, 4.69) is 20.9 Å². The lowest BCUT2D eigenvalue weighted by Crippen LogP contribution is -2.07. The maximum Gasteiger partial charge on any atom is 0.186 e. The summed E-state index contributed by atoms with van der Waals surface area (Å²) in [5, 5.41) is 0.621. The van der Waals surface area contributed by atoms with Crippen molar-refractivity contribution < 1.29 is 4.79 Å². The van der Waals surface area contributed by atoms with E-state index in [1.807, 2.05) is 25.1 Å². The van der Waals surface area contributed by atoms with Crippen LogP contribution >= 0.6 is 27.5 Å². The van der Waals surface area contributed by atoms with E-state index in [9.17, 15) is 4.79 Å². The Morgan fingerprint density at radius 2 is 2.17 bits per heavy atom. The molecule has 0 aliphatic heterocycles. The fourth-order valence-electron chi connectivity index (χ4n) is 1.64. The molecule has 0 saturated carbocycles. The third-order valence-corrected chi connectivity index (χ3v) is 3.57. The molecule has 0 unspecified atom stereocenters. The van der Waals surface area contributed by atoms with Crippen LogP contribution in [0.25, 0.3) is 0 Å². The summed E-state index contributed by atoms with van der Waals surface area (Å²) in [6.45, 7) is 1.97. The Bertz CT molecular complexity index is 598. The molecule has 1 aromatic heterocycles. The topological polar surface area (TPSA) is 30.0 Å². The molecule has 4 heteroatoms. The molecule has 1 heterocycles. The van der Waals surface area contributed by atoms with Gasteiger partial charge in [-0.25, -0.2) is 0 Å². The second kappa shape index (κ2) is 5.63. The molecule has 1 aromatic carbocycles. The molecule has 0 saturated heterocycles. The quantitative estimate of drug-likeness (QED) is 0.791. The summed E-state index contributed by atoms with van der Waals surface area (Å²) in [5.74, 6) is -0.0479. The number of ketones is 1. The molecule has 2 aromatic rings. The average Bonchev–Trinajstić information content (AvgIpc) is 2.33. The number of hydrogen-bond acceptors (Lipinski definition) is 2. The molecule has 2 nitrogen and oxygen atoms in total. The van der Waals surface area contributed by atoms with Crippen molar-refractivity contribution in [3.8, 4) is 0 Å². The van der Waals surface area contributed by atoms with E-state index >= 15 is 0 Å². The van der Waals surface area contributed by atoms with E-state index in [1.165, 1.54) is 0 Å². The highest BCUT2D eigenvalue weighted by Crippen LogP contribution is 2.21. The van der Waals surface area contributed by atoms with Gasteiger partial charge in [-0.1, -0.05) is 23.7 Å². The Labute approximate surface area is 119 Å². The Morgan fingerprint density at radius 3 is 2.83 bits per heavy atom. The molecule has 0 atom stereocenters. The number of carbonyl (C=O) groups is 1. The first-order valence-electron chi connectivity index (χ1n) is 5.46. The van der Waals surface area contributed by atoms with Crippen LogP contribution in [0.15, 0.2) is 41.0 Å². The second-order valence-electron chi connectivity index (χ2n) is 4.03. The van der Waals surface area contributed by atoms with Crippen molar-refractivity contribution in [3.05, 3.63) is 62.8 Å². The van der Waals surface area contributed by atoms with Gasteiger partial charge in [-0.3, -0.25) is 9.78 Å². The van der Waals surface area contributed by atoms with Gasteiger partial charge in [0, 0.05) is 22.1 Å². The van der Waals surface area contributed by atoms with Gasteiger partial charge < -0.3 is 0 Å². The molecular formula is C14H11BrClNO. The normalized spacial score (nSPS) is 10.4. The van der Waals surface area contributed by atoms with Crippen molar-refractivity contribution in [2.75, 3.05) is 0 Å². The third-order valence-electron chi connectivity index (χ3n) is 2.58. The summed E-state index contributed by atoms with van der Waals surface area (Å²) in [6, 6.07) is 9.27. The second-order valence-corrected chi connectivity index (χ2v) is 5.29. The zero-order chi connectivity index (χ0) is 13.1. The summed E-state index contributed by atoms with van der Waals surface area (Å²) >= 11 is 9.44. The molecule has 0 spiro atoms. The van der Waals surface area contributed by atoms with Gasteiger partial charge in [-0.05, 0) is 52.2 Å². The Hall–Kier alpha value is -1.19. The summed E-state index contributed by atoms with van der Waals surface area (Å²) < 4.78 is 0.707. The molecule has 0 aliphatic rings. The molecule has 0 amide bonds. The standard InChI is InChI=1S/C14H11BrClNO/c1-9-4-5-10(12(16)7-9)8-13(18)14-11(15)3-2-6-17-14/h2-7H,8H2,1H3. The molecule has 0 radical (unpaired) electrons. The minimum atomic E-state index is -0.0479. The Morgan fingerprint density at radius 1 is 1.39 bits per heavy atom. The van der Waals surface area contributed by atoms with Crippen LogP contribution in [0.4, 0.5) is 0 Å². The first-order valence-corrected chi connectivity index (χ1v) is 6.64. The van der Waals surface area contributed by atoms with Crippen molar-refractivity contribution in [2.45, 2.75) is 13.3 Å². The zero-order valence-corrected chi connectivity index (χ0v) is 12.1. The van der Waals surface area contributed by atoms with Crippen LogP contribution in [0, 0.1) is 6.92 Å². The number of nitrogens with zero attached hydrogens (tertiary/aromatic N) is 1. The summed E-state index contributed by atoms with van der Waals surface area (Å²) in [6.07, 6.45) is 1.86. The number of aryl methyl sites for hydroxylation is 1. The first-order chi connectivity index (χ1) is 8.58. The molecular weight excluding hydrogens is 314 g/mol. The van der Waals surface area contributed by atoms with Crippen LogP contribution < -0.4 is 0 Å². The average molecular weight is 325 g/mol. The fourth-order valence-corrected chi connectivity index (χ4v) is 2.42. The number of Topliss-reactive ketones (excluding diaryl/α,β-unsaturated/α-hetero) is 1. The van der Waals surface area contributed by atoms with Crippen LogP contribution in [0.5, 0.6) is 0 Å². The van der Waals surface area contributed by atoms with Crippen LogP contribution in [0.2, 0.25) is 5.02 Å². The third kappa shape index (κ3) is 2.98. The van der Waals surface area contributed by atoms with Crippen LogP contribution in [0.3, 0.4) is 0 Å². The number of halogens is 2. The van der Waals surface area contributed by atoms with Crippen LogP contribution in [-0.2, 0) is 6.42 Å². The molecule has 18 heavy (non-hydrogen) atoms. The Kier molecular flexibility index (Phi) is 4.15. The smallest absolute Gasteiger partial charge is 0.186 e. The lowest BCUT2D eigenvalue weighted by molar-refractivity contribution is 0.0987. The largest absolute Gasteiger partial charge is 0.292 e. The van der Waals surface area contributed by atoms with E-state index in [0.29, 0.717) is 15.2 Å². The summed E-state index contributed by atoms with van der Waals surface area (Å²) in [4.78, 5) is 16.2. The van der Waals surface area contributed by atoms with Gasteiger partial charge in [-0.2, -0.15) is 0 Å². The molecule has 2 rings (SSSR count). The summed E-state index contributed by atoms with van der Waals surface area (Å²) in [7, 11) is 0. The highest BCUT2D eigenvalue weighted by Gasteiger charge is 2.13. The first kappa shape index (κ1) is 13.2. The lowest BCUT2D eigenvalue weighted by atomic mass is 10.1. The van der Waals surface area contributed by atoms with E-state index in [-0.39, 0.29) is 12.2 Å². The van der Waals surface area contributed by atoms with Gasteiger partial charge >= 0.3 is 0 Å². The number of pyridine rings is 1. The van der Waals surface area contributed by atoms with Gasteiger partial charge in [0.25, 0.3) is 0 Å². The van der Waals surface area contributed by atoms with Crippen molar-refractivity contribution in [2.24, 2.45) is 0 Å². The molecule has 0 bridgehead atoms. The monoisotopic (exact) mass is 323 g/mol. The zero-order valence-electron chi connectivity index (χ0n) is 9.78. The van der Waals surface area contributed by atoms with Crippen molar-refractivity contribution in [1.82, 2.24) is 4.98 Å². The minimum absolute atomic E-state index is 0.0479. The van der Waals surface area contributed by atoms with Crippen molar-refractivity contribution in [1.29, 1.82) is 0 Å². The predicted octanol–water partition coefficient (Wildman–Crippen LogP) is 4.23. The van der Waals surface area contributed by atoms with E-state index in [4.69, 9.17) is 11.6 Å². The van der Waals surface area contributed by atoms with Gasteiger partial charge in [0.2, 0.25) is 0 Å². The molecule has 0 aliphatic carbocycles. The maximum atomic E-state index is 12.1. The molecule has 92 valence electrons. The van der Waals surface area contributed by atoms with E-state index < -0.39 is 0 Å².